The van der Waals surface area contributed by atoms with Crippen molar-refractivity contribution in [3.63, 3.8) is 0 Å². The Morgan fingerprint density at radius 3 is 2.03 bits per heavy atom. The van der Waals surface area contributed by atoms with Crippen LogP contribution < -0.4 is 4.72 Å². The van der Waals surface area contributed by atoms with Gasteiger partial charge in [0.05, 0.1) is 4.90 Å². The number of nitrogens with one attached hydrogen (secondary N) is 1. The van der Waals surface area contributed by atoms with E-state index in [9.17, 15) is 8.42 Å². The van der Waals surface area contributed by atoms with Crippen molar-refractivity contribution in [3.05, 3.63) is 100 Å². The maximum Gasteiger partial charge on any atom is 0.247 e. The number of hydrogen-bond acceptors (Lipinski definition) is 5. The van der Waals surface area contributed by atoms with E-state index in [4.69, 9.17) is 27.6 Å². The van der Waals surface area contributed by atoms with Gasteiger partial charge >= 0.3 is 0 Å². The number of benzene rings is 3. The van der Waals surface area contributed by atoms with Crippen LogP contribution in [-0.4, -0.2) is 18.6 Å². The Labute approximate surface area is 183 Å². The molecule has 0 amide bonds. The summed E-state index contributed by atoms with van der Waals surface area (Å²) in [4.78, 5) is 0.0636. The van der Waals surface area contributed by atoms with Gasteiger partial charge in [0, 0.05) is 15.6 Å². The van der Waals surface area contributed by atoms with Crippen LogP contribution >= 0.6 is 23.2 Å². The van der Waals surface area contributed by atoms with Crippen LogP contribution in [0.3, 0.4) is 0 Å². The molecule has 4 aromatic rings. The molecule has 30 heavy (non-hydrogen) atoms. The minimum atomic E-state index is -3.91. The average molecular weight is 460 g/mol. The zero-order chi connectivity index (χ0) is 21.1. The second kappa shape index (κ2) is 8.57. The van der Waals surface area contributed by atoms with E-state index in [1.807, 2.05) is 30.3 Å². The van der Waals surface area contributed by atoms with E-state index in [1.54, 1.807) is 24.3 Å². The number of nitrogens with zero attached hydrogens (tertiary/aromatic N) is 2. The SMILES string of the molecule is O=S(=O)(N[C@@H](c1ccc(Cl)cc1)c1nnc(-c2ccccc2)o1)c1ccc(Cl)cc1. The zero-order valence-electron chi connectivity index (χ0n) is 15.4. The lowest BCUT2D eigenvalue weighted by Crippen LogP contribution is -2.29. The maximum absolute atomic E-state index is 13.0. The van der Waals surface area contributed by atoms with Crippen LogP contribution in [0.25, 0.3) is 11.5 Å². The fraction of sp³-hybridized carbons (Fsp3) is 0.0476. The van der Waals surface area contributed by atoms with E-state index in [1.165, 1.54) is 24.3 Å². The summed E-state index contributed by atoms with van der Waals surface area (Å²) in [5.41, 5.74) is 1.33. The summed E-state index contributed by atoms with van der Waals surface area (Å²) in [7, 11) is -3.91. The summed E-state index contributed by atoms with van der Waals surface area (Å²) in [6, 6.07) is 20.9. The van der Waals surface area contributed by atoms with E-state index in [2.05, 4.69) is 14.9 Å². The third-order valence-corrected chi connectivity index (χ3v) is 6.25. The Kier molecular flexibility index (Phi) is 5.87. The average Bonchev–Trinajstić information content (AvgIpc) is 3.24. The molecule has 0 aliphatic heterocycles. The van der Waals surface area contributed by atoms with Gasteiger partial charge < -0.3 is 4.42 Å². The molecule has 0 spiro atoms. The minimum absolute atomic E-state index is 0.0636. The van der Waals surface area contributed by atoms with Crippen LogP contribution in [0.2, 0.25) is 10.0 Å². The first-order valence-corrected chi connectivity index (χ1v) is 11.1. The lowest BCUT2D eigenvalue weighted by molar-refractivity contribution is 0.464. The maximum atomic E-state index is 13.0. The van der Waals surface area contributed by atoms with Crippen LogP contribution in [0.4, 0.5) is 0 Å². The van der Waals surface area contributed by atoms with Crippen molar-refractivity contribution in [1.29, 1.82) is 0 Å². The van der Waals surface area contributed by atoms with E-state index < -0.39 is 16.1 Å². The molecule has 1 aromatic heterocycles. The number of sulfonamides is 1. The number of halogens is 2. The Morgan fingerprint density at radius 2 is 1.40 bits per heavy atom. The summed E-state index contributed by atoms with van der Waals surface area (Å²) in [5, 5.41) is 9.12. The lowest BCUT2D eigenvalue weighted by Gasteiger charge is -2.16. The first kappa shape index (κ1) is 20.6. The van der Waals surface area contributed by atoms with Crippen LogP contribution in [-0.2, 0) is 10.0 Å². The molecule has 0 aliphatic carbocycles. The van der Waals surface area contributed by atoms with Crippen molar-refractivity contribution in [2.75, 3.05) is 0 Å². The molecule has 0 fully saturated rings. The molecule has 0 bridgehead atoms. The van der Waals surface area contributed by atoms with E-state index in [0.29, 0.717) is 15.6 Å². The fourth-order valence-corrected chi connectivity index (χ4v) is 4.23. The van der Waals surface area contributed by atoms with Crippen molar-refractivity contribution in [2.24, 2.45) is 0 Å². The van der Waals surface area contributed by atoms with Crippen molar-refractivity contribution in [3.8, 4) is 11.5 Å². The van der Waals surface area contributed by atoms with Gasteiger partial charge in [0.25, 0.3) is 0 Å². The van der Waals surface area contributed by atoms with Crippen LogP contribution in [0, 0.1) is 0 Å². The Bertz CT molecular complexity index is 1240. The second-order valence-corrected chi connectivity index (χ2v) is 8.96. The predicted octanol–water partition coefficient (Wildman–Crippen LogP) is 5.11. The number of rotatable bonds is 6. The van der Waals surface area contributed by atoms with Crippen molar-refractivity contribution in [1.82, 2.24) is 14.9 Å². The highest BCUT2D eigenvalue weighted by Gasteiger charge is 2.27. The summed E-state index contributed by atoms with van der Waals surface area (Å²) in [6.45, 7) is 0. The van der Waals surface area contributed by atoms with Gasteiger partial charge in [-0.1, -0.05) is 53.5 Å². The molecular formula is C21H15Cl2N3O3S. The quantitative estimate of drug-likeness (QED) is 0.432. The molecule has 4 rings (SSSR count). The molecule has 9 heteroatoms. The normalized spacial score (nSPS) is 12.6. The van der Waals surface area contributed by atoms with Crippen LogP contribution in [0.5, 0.6) is 0 Å². The molecular weight excluding hydrogens is 445 g/mol. The highest BCUT2D eigenvalue weighted by atomic mass is 35.5. The lowest BCUT2D eigenvalue weighted by atomic mass is 10.1. The fourth-order valence-electron chi connectivity index (χ4n) is 2.80. The van der Waals surface area contributed by atoms with Gasteiger partial charge in [0.15, 0.2) is 0 Å². The minimum Gasteiger partial charge on any atom is -0.419 e. The van der Waals surface area contributed by atoms with Gasteiger partial charge in [0.1, 0.15) is 6.04 Å². The van der Waals surface area contributed by atoms with Crippen LogP contribution in [0.1, 0.15) is 17.5 Å². The first-order chi connectivity index (χ1) is 14.4. The molecule has 152 valence electrons. The molecule has 3 aromatic carbocycles. The topological polar surface area (TPSA) is 85.1 Å². The van der Waals surface area contributed by atoms with Gasteiger partial charge in [0.2, 0.25) is 21.8 Å². The smallest absolute Gasteiger partial charge is 0.247 e. The monoisotopic (exact) mass is 459 g/mol. The van der Waals surface area contributed by atoms with Gasteiger partial charge in [-0.3, -0.25) is 0 Å². The van der Waals surface area contributed by atoms with Gasteiger partial charge in [-0.25, -0.2) is 8.42 Å². The van der Waals surface area contributed by atoms with E-state index in [0.717, 1.165) is 5.56 Å². The highest BCUT2D eigenvalue weighted by Crippen LogP contribution is 2.28. The molecule has 0 saturated carbocycles. The molecule has 1 atom stereocenters. The number of hydrogen-bond donors (Lipinski definition) is 1. The molecule has 1 heterocycles. The van der Waals surface area contributed by atoms with Gasteiger partial charge in [-0.2, -0.15) is 4.72 Å². The van der Waals surface area contributed by atoms with Gasteiger partial charge in [-0.15, -0.1) is 10.2 Å². The zero-order valence-corrected chi connectivity index (χ0v) is 17.7. The predicted molar refractivity (Wildman–Crippen MR) is 115 cm³/mol. The van der Waals surface area contributed by atoms with E-state index in [-0.39, 0.29) is 16.7 Å². The van der Waals surface area contributed by atoms with Gasteiger partial charge in [-0.05, 0) is 54.1 Å². The third-order valence-electron chi connectivity index (χ3n) is 4.31. The molecule has 1 N–H and O–H groups in total. The summed E-state index contributed by atoms with van der Waals surface area (Å²) >= 11 is 11.9. The largest absolute Gasteiger partial charge is 0.419 e. The summed E-state index contributed by atoms with van der Waals surface area (Å²) < 4.78 is 34.4. The Hall–Kier alpha value is -2.71. The van der Waals surface area contributed by atoms with Crippen molar-refractivity contribution in [2.45, 2.75) is 10.9 Å². The van der Waals surface area contributed by atoms with E-state index >= 15 is 0 Å². The molecule has 6 nitrogen and oxygen atoms in total. The third kappa shape index (κ3) is 4.55. The second-order valence-electron chi connectivity index (χ2n) is 6.37. The number of aromatic nitrogens is 2. The summed E-state index contributed by atoms with van der Waals surface area (Å²) in [5.74, 6) is 0.393. The Balaban J connectivity index is 1.73. The highest BCUT2D eigenvalue weighted by molar-refractivity contribution is 7.89. The first-order valence-electron chi connectivity index (χ1n) is 8.84. The summed E-state index contributed by atoms with van der Waals surface area (Å²) in [6.07, 6.45) is 0. The molecule has 0 aliphatic rings. The Morgan fingerprint density at radius 1 is 0.800 bits per heavy atom. The molecule has 0 radical (unpaired) electrons. The molecule has 0 saturated heterocycles. The van der Waals surface area contributed by atoms with Crippen molar-refractivity contribution >= 4 is 33.2 Å². The molecule has 0 unspecified atom stereocenters. The van der Waals surface area contributed by atoms with Crippen molar-refractivity contribution < 1.29 is 12.8 Å². The van der Waals surface area contributed by atoms with Crippen LogP contribution in [0.15, 0.2) is 88.2 Å². The standard InChI is InChI=1S/C21H15Cl2N3O3S/c22-16-8-6-14(7-9-16)19(26-30(27,28)18-12-10-17(23)11-13-18)21-25-24-20(29-21)15-4-2-1-3-5-15/h1-13,19,26H/t19-/m0/s1.